The normalized spacial score (nSPS) is 11.6. The van der Waals surface area contributed by atoms with Gasteiger partial charge >= 0.3 is 0 Å². The molecule has 0 aliphatic carbocycles. The molecule has 9 heteroatoms. The first-order chi connectivity index (χ1) is 15.2. The second kappa shape index (κ2) is 8.43. The van der Waals surface area contributed by atoms with E-state index in [9.17, 15) is 13.2 Å². The molecule has 0 saturated carbocycles. The number of carbonyl (C=O) groups excluding carboxylic acids is 1. The maximum atomic E-state index is 12.7. The van der Waals surface area contributed by atoms with Gasteiger partial charge in [0.15, 0.2) is 5.65 Å². The van der Waals surface area contributed by atoms with Gasteiger partial charge in [-0.05, 0) is 62.7 Å². The molecular weight excluding hydrogens is 426 g/mol. The summed E-state index contributed by atoms with van der Waals surface area (Å²) in [6.45, 7) is 5.86. The Labute approximate surface area is 186 Å². The minimum absolute atomic E-state index is 0.0708. The molecular formula is C23H23N5O3S. The van der Waals surface area contributed by atoms with Crippen LogP contribution in [0.4, 0.5) is 11.4 Å². The molecule has 2 N–H and O–H groups in total. The maximum Gasteiger partial charge on any atom is 0.261 e. The predicted molar refractivity (Wildman–Crippen MR) is 124 cm³/mol. The van der Waals surface area contributed by atoms with Crippen LogP contribution in [0.3, 0.4) is 0 Å². The number of nitrogens with one attached hydrogen (secondary N) is 2. The van der Waals surface area contributed by atoms with E-state index < -0.39 is 10.0 Å². The Bertz CT molecular complexity index is 1390. The Morgan fingerprint density at radius 3 is 2.44 bits per heavy atom. The van der Waals surface area contributed by atoms with Crippen LogP contribution in [0.5, 0.6) is 0 Å². The Kier molecular flexibility index (Phi) is 5.67. The van der Waals surface area contributed by atoms with Crippen molar-refractivity contribution in [1.82, 2.24) is 14.8 Å². The number of amides is 1. The Morgan fingerprint density at radius 2 is 1.75 bits per heavy atom. The fraction of sp³-hybridized carbons (Fsp3) is 0.174. The van der Waals surface area contributed by atoms with Crippen molar-refractivity contribution in [3.8, 4) is 0 Å². The minimum atomic E-state index is -3.77. The molecule has 0 unspecified atom stereocenters. The number of benzene rings is 2. The molecule has 1 amide bonds. The molecule has 4 rings (SSSR count). The summed E-state index contributed by atoms with van der Waals surface area (Å²) in [5, 5.41) is 7.93. The first-order valence-corrected chi connectivity index (χ1v) is 11.6. The lowest BCUT2D eigenvalue weighted by molar-refractivity contribution is 0.102. The maximum absolute atomic E-state index is 12.7. The number of nitrogens with zero attached hydrogens (tertiary/aromatic N) is 3. The zero-order valence-corrected chi connectivity index (χ0v) is 18.7. The van der Waals surface area contributed by atoms with Gasteiger partial charge in [0.1, 0.15) is 0 Å². The van der Waals surface area contributed by atoms with Crippen molar-refractivity contribution in [2.45, 2.75) is 31.7 Å². The molecule has 32 heavy (non-hydrogen) atoms. The molecule has 0 spiro atoms. The molecule has 2 aromatic carbocycles. The first-order valence-electron chi connectivity index (χ1n) is 10.1. The summed E-state index contributed by atoms with van der Waals surface area (Å²) in [5.41, 5.74) is 2.94. The second-order valence-electron chi connectivity index (χ2n) is 7.72. The largest absolute Gasteiger partial charge is 0.321 e. The van der Waals surface area contributed by atoms with Gasteiger partial charge in [0.05, 0.1) is 28.7 Å². The molecule has 0 fully saturated rings. The van der Waals surface area contributed by atoms with E-state index >= 15 is 0 Å². The van der Waals surface area contributed by atoms with E-state index in [-0.39, 0.29) is 16.8 Å². The van der Waals surface area contributed by atoms with Gasteiger partial charge < -0.3 is 5.32 Å². The van der Waals surface area contributed by atoms with Crippen molar-refractivity contribution >= 4 is 38.3 Å². The third kappa shape index (κ3) is 4.33. The standard InChI is InChI=1S/C23H23N5O3S/c1-15(2)28-22-18(13-25-28)12-19(14-24-22)26-23(29)17-8-10-20(11-9-17)32(30,31)27-21-7-5-4-6-16(21)3/h4-15,27H,1-3H3,(H,26,29). The van der Waals surface area contributed by atoms with E-state index in [2.05, 4.69) is 20.1 Å². The van der Waals surface area contributed by atoms with Gasteiger partial charge in [-0.15, -0.1) is 0 Å². The molecule has 4 aromatic rings. The van der Waals surface area contributed by atoms with Crippen molar-refractivity contribution in [1.29, 1.82) is 0 Å². The van der Waals surface area contributed by atoms with Gasteiger partial charge in [-0.1, -0.05) is 18.2 Å². The fourth-order valence-electron chi connectivity index (χ4n) is 3.27. The topological polar surface area (TPSA) is 106 Å². The molecule has 2 aromatic heterocycles. The van der Waals surface area contributed by atoms with Crippen LogP contribution in [0.1, 0.15) is 35.8 Å². The third-order valence-corrected chi connectivity index (χ3v) is 6.38. The lowest BCUT2D eigenvalue weighted by Gasteiger charge is -2.11. The van der Waals surface area contributed by atoms with Crippen LogP contribution < -0.4 is 10.0 Å². The lowest BCUT2D eigenvalue weighted by Crippen LogP contribution is -2.15. The molecule has 0 aliphatic heterocycles. The van der Waals surface area contributed by atoms with E-state index in [1.54, 1.807) is 30.6 Å². The number of carbonyl (C=O) groups is 1. The zero-order valence-electron chi connectivity index (χ0n) is 17.9. The van der Waals surface area contributed by atoms with Crippen molar-refractivity contribution in [3.63, 3.8) is 0 Å². The fourth-order valence-corrected chi connectivity index (χ4v) is 4.40. The molecule has 164 valence electrons. The van der Waals surface area contributed by atoms with E-state index in [0.29, 0.717) is 16.9 Å². The first kappa shape index (κ1) is 21.5. The van der Waals surface area contributed by atoms with Crippen molar-refractivity contribution in [2.24, 2.45) is 0 Å². The summed E-state index contributed by atoms with van der Waals surface area (Å²) in [5.74, 6) is -0.363. The summed E-state index contributed by atoms with van der Waals surface area (Å²) in [4.78, 5) is 17.1. The lowest BCUT2D eigenvalue weighted by atomic mass is 10.2. The summed E-state index contributed by atoms with van der Waals surface area (Å²) in [6, 6.07) is 14.9. The molecule has 0 radical (unpaired) electrons. The Balaban J connectivity index is 1.49. The SMILES string of the molecule is Cc1ccccc1NS(=O)(=O)c1ccc(C(=O)Nc2cnc3c(cnn3C(C)C)c2)cc1. The molecule has 0 aliphatic rings. The summed E-state index contributed by atoms with van der Waals surface area (Å²) >= 11 is 0. The smallest absolute Gasteiger partial charge is 0.261 e. The average molecular weight is 450 g/mol. The molecule has 8 nitrogen and oxygen atoms in total. The highest BCUT2D eigenvalue weighted by atomic mass is 32.2. The van der Waals surface area contributed by atoms with Gasteiger partial charge in [-0.25, -0.2) is 18.1 Å². The monoisotopic (exact) mass is 449 g/mol. The van der Waals surface area contributed by atoms with Gasteiger partial charge in [0.2, 0.25) is 0 Å². The van der Waals surface area contributed by atoms with Crippen LogP contribution in [-0.4, -0.2) is 29.1 Å². The number of pyridine rings is 1. The van der Waals surface area contributed by atoms with Crippen molar-refractivity contribution in [3.05, 3.63) is 78.1 Å². The number of hydrogen-bond donors (Lipinski definition) is 2. The van der Waals surface area contributed by atoms with Crippen LogP contribution in [0, 0.1) is 6.92 Å². The van der Waals surface area contributed by atoms with E-state index in [4.69, 9.17) is 0 Å². The minimum Gasteiger partial charge on any atom is -0.321 e. The van der Waals surface area contributed by atoms with Crippen LogP contribution >= 0.6 is 0 Å². The number of fused-ring (bicyclic) bond motifs is 1. The molecule has 0 atom stereocenters. The predicted octanol–water partition coefficient (Wildman–Crippen LogP) is 4.37. The highest BCUT2D eigenvalue weighted by Gasteiger charge is 2.16. The highest BCUT2D eigenvalue weighted by Crippen LogP contribution is 2.21. The van der Waals surface area contributed by atoms with Crippen LogP contribution in [0.2, 0.25) is 0 Å². The van der Waals surface area contributed by atoms with Crippen LogP contribution in [0.15, 0.2) is 71.9 Å². The Morgan fingerprint density at radius 1 is 1.03 bits per heavy atom. The number of anilines is 2. The number of sulfonamides is 1. The van der Waals surface area contributed by atoms with Gasteiger partial charge in [-0.2, -0.15) is 5.10 Å². The summed E-state index contributed by atoms with van der Waals surface area (Å²) < 4.78 is 29.7. The molecule has 0 saturated heterocycles. The second-order valence-corrected chi connectivity index (χ2v) is 9.40. The number of aryl methyl sites for hydroxylation is 1. The van der Waals surface area contributed by atoms with Gasteiger partial charge in [-0.3, -0.25) is 9.52 Å². The van der Waals surface area contributed by atoms with E-state index in [0.717, 1.165) is 16.6 Å². The summed E-state index contributed by atoms with van der Waals surface area (Å²) in [7, 11) is -3.77. The Hall–Kier alpha value is -3.72. The number of para-hydroxylation sites is 1. The third-order valence-electron chi connectivity index (χ3n) is 5.00. The van der Waals surface area contributed by atoms with Crippen LogP contribution in [0.25, 0.3) is 11.0 Å². The number of rotatable bonds is 6. The molecule has 2 heterocycles. The highest BCUT2D eigenvalue weighted by molar-refractivity contribution is 7.92. The van der Waals surface area contributed by atoms with Crippen molar-refractivity contribution < 1.29 is 13.2 Å². The van der Waals surface area contributed by atoms with Crippen molar-refractivity contribution in [2.75, 3.05) is 10.0 Å². The molecule has 0 bridgehead atoms. The average Bonchev–Trinajstić information content (AvgIpc) is 3.19. The summed E-state index contributed by atoms with van der Waals surface area (Å²) in [6.07, 6.45) is 3.28. The van der Waals surface area contributed by atoms with Gasteiger partial charge in [0.25, 0.3) is 15.9 Å². The van der Waals surface area contributed by atoms with Crippen LogP contribution in [-0.2, 0) is 10.0 Å². The van der Waals surface area contributed by atoms with E-state index in [1.165, 1.54) is 24.3 Å². The number of hydrogen-bond acceptors (Lipinski definition) is 5. The quantitative estimate of drug-likeness (QED) is 0.455. The van der Waals surface area contributed by atoms with E-state index in [1.807, 2.05) is 37.6 Å². The zero-order chi connectivity index (χ0) is 22.9. The van der Waals surface area contributed by atoms with Gasteiger partial charge in [0, 0.05) is 17.0 Å². The number of aromatic nitrogens is 3.